The molecule has 12 nitrogen and oxygen atoms in total. The van der Waals surface area contributed by atoms with Crippen LogP contribution in [0.15, 0.2) is 127 Å². The summed E-state index contributed by atoms with van der Waals surface area (Å²) in [6, 6.07) is 39.2. The highest BCUT2D eigenvalue weighted by Crippen LogP contribution is 2.55. The third kappa shape index (κ3) is 5.71. The molecule has 0 atom stereocenters. The number of rotatable bonds is 9. The van der Waals surface area contributed by atoms with Gasteiger partial charge in [0.25, 0.3) is 0 Å². The van der Waals surface area contributed by atoms with Crippen molar-refractivity contribution in [3.8, 4) is 0 Å². The molecule has 0 saturated heterocycles. The van der Waals surface area contributed by atoms with Gasteiger partial charge < -0.3 is 16.0 Å². The van der Waals surface area contributed by atoms with Crippen LogP contribution in [-0.2, 0) is 0 Å². The molecule has 0 aliphatic heterocycles. The summed E-state index contributed by atoms with van der Waals surface area (Å²) in [5, 5.41) is 54.1. The van der Waals surface area contributed by atoms with Crippen LogP contribution in [0, 0.1) is 30.3 Å². The van der Waals surface area contributed by atoms with Crippen molar-refractivity contribution in [3.63, 3.8) is 0 Å². The van der Waals surface area contributed by atoms with Crippen molar-refractivity contribution in [1.29, 1.82) is 0 Å². The number of anilines is 6. The van der Waals surface area contributed by atoms with Gasteiger partial charge in [0, 0.05) is 77.6 Å². The van der Waals surface area contributed by atoms with E-state index in [0.717, 1.165) is 60.5 Å². The number of hydrogen-bond donors (Lipinski definition) is 3. The van der Waals surface area contributed by atoms with E-state index in [0.29, 0.717) is 17.1 Å². The molecule has 57 heavy (non-hydrogen) atoms. The molecule has 3 heterocycles. The normalized spacial score (nSPS) is 11.6. The maximum atomic E-state index is 13.2. The molecule has 0 amide bonds. The van der Waals surface area contributed by atoms with E-state index in [1.807, 2.05) is 91.0 Å². The van der Waals surface area contributed by atoms with Crippen molar-refractivity contribution in [2.45, 2.75) is 0 Å². The van der Waals surface area contributed by atoms with Gasteiger partial charge in [0.05, 0.1) is 14.8 Å². The molecule has 15 heteroatoms. The minimum Gasteiger partial charge on any atom is -0.344 e. The van der Waals surface area contributed by atoms with Crippen LogP contribution < -0.4 is 16.0 Å². The van der Waals surface area contributed by atoms with Gasteiger partial charge in [-0.3, -0.25) is 30.3 Å². The quantitative estimate of drug-likeness (QED) is 0.0950. The zero-order valence-electron chi connectivity index (χ0n) is 29.1. The van der Waals surface area contributed by atoms with E-state index in [4.69, 9.17) is 0 Å². The Morgan fingerprint density at radius 1 is 0.351 bits per heavy atom. The van der Waals surface area contributed by atoms with Gasteiger partial charge in [-0.05, 0) is 72.8 Å². The second-order valence-corrected chi connectivity index (χ2v) is 16.5. The molecule has 0 saturated carbocycles. The topological polar surface area (TPSA) is 166 Å². The first-order chi connectivity index (χ1) is 27.7. The van der Waals surface area contributed by atoms with Gasteiger partial charge in [0.2, 0.25) is 17.1 Å². The molecule has 0 fully saturated rings. The van der Waals surface area contributed by atoms with E-state index < -0.39 is 48.9 Å². The van der Waals surface area contributed by atoms with Crippen LogP contribution in [0.4, 0.5) is 51.2 Å². The largest absolute Gasteiger partial charge is 0.344 e. The van der Waals surface area contributed by atoms with E-state index in [1.54, 1.807) is 70.4 Å². The Bertz CT molecular complexity index is 2980. The molecule has 10 rings (SSSR count). The van der Waals surface area contributed by atoms with E-state index in [-0.39, 0.29) is 0 Å². The third-order valence-electron chi connectivity index (χ3n) is 9.91. The minimum absolute atomic E-state index is 0.320. The fourth-order valence-electron chi connectivity index (χ4n) is 7.46. The van der Waals surface area contributed by atoms with Crippen LogP contribution in [0.1, 0.15) is 0 Å². The Morgan fingerprint density at radius 2 is 0.614 bits per heavy atom. The lowest BCUT2D eigenvalue weighted by molar-refractivity contribution is -0.399. The van der Waals surface area contributed by atoms with Crippen LogP contribution in [0.5, 0.6) is 0 Å². The fraction of sp³-hybridized carbons (Fsp3) is 0. The van der Waals surface area contributed by atoms with Crippen molar-refractivity contribution < 1.29 is 14.8 Å². The molecular formula is C42H24N6O6S3. The van der Waals surface area contributed by atoms with Crippen LogP contribution in [0.3, 0.4) is 0 Å². The number of thiophene rings is 3. The molecule has 0 spiro atoms. The third-order valence-corrected chi connectivity index (χ3v) is 13.4. The van der Waals surface area contributed by atoms with E-state index in [9.17, 15) is 30.3 Å². The van der Waals surface area contributed by atoms with E-state index in [2.05, 4.69) is 16.0 Å². The Hall–Kier alpha value is -7.20. The maximum absolute atomic E-state index is 13.2. The number of nitrogens with one attached hydrogen (secondary N) is 3. The lowest BCUT2D eigenvalue weighted by atomic mass is 10.1. The lowest BCUT2D eigenvalue weighted by Crippen LogP contribution is -2.11. The molecule has 276 valence electrons. The highest BCUT2D eigenvalue weighted by molar-refractivity contribution is 7.26. The summed E-state index contributed by atoms with van der Waals surface area (Å²) in [7, 11) is 0. The number of benzene rings is 7. The zero-order valence-corrected chi connectivity index (χ0v) is 31.6. The molecule has 10 aromatic rings. The molecule has 3 N–H and O–H groups in total. The van der Waals surface area contributed by atoms with Crippen LogP contribution in [-0.4, -0.2) is 14.8 Å². The predicted molar refractivity (Wildman–Crippen MR) is 234 cm³/mol. The monoisotopic (exact) mass is 804 g/mol. The van der Waals surface area contributed by atoms with Crippen molar-refractivity contribution in [2.24, 2.45) is 0 Å². The number of nitro benzene ring substituents is 3. The number of hydrogen-bond acceptors (Lipinski definition) is 12. The predicted octanol–water partition coefficient (Wildman–Crippen LogP) is 13.7. The van der Waals surface area contributed by atoms with Crippen molar-refractivity contribution in [1.82, 2.24) is 0 Å². The van der Waals surface area contributed by atoms with Crippen LogP contribution in [0.2, 0.25) is 0 Å². The van der Waals surface area contributed by atoms with Gasteiger partial charge in [0.15, 0.2) is 0 Å². The van der Waals surface area contributed by atoms with Crippen molar-refractivity contribution in [2.75, 3.05) is 16.0 Å². The summed E-state index contributed by atoms with van der Waals surface area (Å²) in [5.74, 6) is 0. The summed E-state index contributed by atoms with van der Waals surface area (Å²) in [5.41, 5.74) is -3.19. The summed E-state index contributed by atoms with van der Waals surface area (Å²) in [6.45, 7) is 0. The first-order valence-electron chi connectivity index (χ1n) is 17.4. The molecule has 0 bridgehead atoms. The molecular weight excluding hydrogens is 781 g/mol. The maximum Gasteiger partial charge on any atom is 0.330 e. The standard InChI is InChI=1S/C42H24N6O6S3/c49-46(50)40-37(43-22-13-16-34-28(19-22)25-7-1-4-10-31(25)55-34)41(47(51)52)39(45-24-15-18-36-30(21-24)27-9-3-6-12-33(27)57-36)42(48(53)54)38(40)44-23-14-17-35-29(20-23)26-8-2-5-11-32(26)56-35/h1-21,43-45H. The summed E-state index contributed by atoms with van der Waals surface area (Å²) >= 11 is 4.71. The highest BCUT2D eigenvalue weighted by Gasteiger charge is 2.43. The molecule has 7 aromatic carbocycles. The zero-order chi connectivity index (χ0) is 38.9. The van der Waals surface area contributed by atoms with Gasteiger partial charge >= 0.3 is 17.1 Å². The molecule has 3 aromatic heterocycles. The molecule has 0 unspecified atom stereocenters. The Morgan fingerprint density at radius 3 is 0.895 bits per heavy atom. The van der Waals surface area contributed by atoms with Gasteiger partial charge in [-0.15, -0.1) is 34.0 Å². The Balaban J connectivity index is 1.22. The molecule has 0 aliphatic carbocycles. The average Bonchev–Trinajstić information content (AvgIpc) is 3.88. The SMILES string of the molecule is O=[N+]([O-])c1c(Nc2ccc3sc4ccccc4c3c2)c([N+](=O)[O-])c(Nc2ccc3sc4ccccc4c3c2)c([N+](=O)[O-])c1Nc1ccc2sc3ccccc3c2c1. The minimum atomic E-state index is -0.858. The molecule has 0 radical (unpaired) electrons. The van der Waals surface area contributed by atoms with Crippen LogP contribution in [0.25, 0.3) is 60.5 Å². The smallest absolute Gasteiger partial charge is 0.330 e. The number of fused-ring (bicyclic) bond motifs is 9. The Kier molecular flexibility index (Phi) is 7.96. The second kappa shape index (κ2) is 13.2. The first kappa shape index (κ1) is 34.3. The van der Waals surface area contributed by atoms with Crippen LogP contribution >= 0.6 is 34.0 Å². The first-order valence-corrected chi connectivity index (χ1v) is 19.9. The van der Waals surface area contributed by atoms with E-state index >= 15 is 0 Å². The Labute approximate surface area is 332 Å². The molecule has 0 aliphatic rings. The highest BCUT2D eigenvalue weighted by atomic mass is 32.1. The van der Waals surface area contributed by atoms with Crippen molar-refractivity contribution in [3.05, 3.63) is 158 Å². The average molecular weight is 805 g/mol. The summed E-state index contributed by atoms with van der Waals surface area (Å²) in [6.07, 6.45) is 0. The van der Waals surface area contributed by atoms with Crippen molar-refractivity contribution >= 4 is 146 Å². The number of nitrogens with zero attached hydrogens (tertiary/aromatic N) is 3. The van der Waals surface area contributed by atoms with Gasteiger partial charge in [-0.2, -0.15) is 0 Å². The fourth-order valence-corrected chi connectivity index (χ4v) is 10.7. The van der Waals surface area contributed by atoms with Gasteiger partial charge in [0.1, 0.15) is 0 Å². The van der Waals surface area contributed by atoms with Gasteiger partial charge in [-0.1, -0.05) is 54.6 Å². The van der Waals surface area contributed by atoms with E-state index in [1.165, 1.54) is 0 Å². The lowest BCUT2D eigenvalue weighted by Gasteiger charge is -2.17. The summed E-state index contributed by atoms with van der Waals surface area (Å²) in [4.78, 5) is 37.2. The second-order valence-electron chi connectivity index (χ2n) is 13.2. The van der Waals surface area contributed by atoms with Gasteiger partial charge in [-0.25, -0.2) is 0 Å². The summed E-state index contributed by atoms with van der Waals surface area (Å²) < 4.78 is 5.94. The number of nitro groups is 3.